The van der Waals surface area contributed by atoms with Crippen molar-refractivity contribution in [3.05, 3.63) is 94.2 Å². The molecule has 0 saturated carbocycles. The first-order valence-corrected chi connectivity index (χ1v) is 10.5. The Kier molecular flexibility index (Phi) is 6.37. The number of rotatable bonds is 6. The van der Waals surface area contributed by atoms with Gasteiger partial charge in [-0.1, -0.05) is 6.58 Å². The second kappa shape index (κ2) is 9.53. The van der Waals surface area contributed by atoms with Crippen LogP contribution in [0.25, 0.3) is 17.5 Å². The van der Waals surface area contributed by atoms with Crippen molar-refractivity contribution in [2.75, 3.05) is 36.5 Å². The van der Waals surface area contributed by atoms with Crippen LogP contribution < -0.4 is 21.5 Å². The second-order valence-electron chi connectivity index (χ2n) is 7.68. The number of benzene rings is 1. The summed E-state index contributed by atoms with van der Waals surface area (Å²) in [5, 5.41) is 3.25. The Bertz CT molecular complexity index is 1190. The fourth-order valence-electron chi connectivity index (χ4n) is 3.75. The molecule has 1 aliphatic heterocycles. The number of aromatic nitrogens is 2. The van der Waals surface area contributed by atoms with Gasteiger partial charge in [0.1, 0.15) is 0 Å². The summed E-state index contributed by atoms with van der Waals surface area (Å²) in [5.74, 6) is 0. The number of nitrogens with one attached hydrogen (secondary N) is 2. The molecule has 1 saturated heterocycles. The topological polar surface area (TPSA) is 96.3 Å². The van der Waals surface area contributed by atoms with Gasteiger partial charge < -0.3 is 25.7 Å². The molecule has 7 nitrogen and oxygen atoms in total. The number of anilines is 2. The summed E-state index contributed by atoms with van der Waals surface area (Å²) in [6.07, 6.45) is 6.83. The smallest absolute Gasteiger partial charge is 0.257 e. The van der Waals surface area contributed by atoms with Gasteiger partial charge in [0, 0.05) is 60.0 Å². The lowest BCUT2D eigenvalue weighted by atomic mass is 10.0. The van der Waals surface area contributed by atoms with E-state index in [1.807, 2.05) is 31.2 Å². The largest absolute Gasteiger partial charge is 0.398 e. The summed E-state index contributed by atoms with van der Waals surface area (Å²) in [5.41, 5.74) is 12.1. The molecule has 7 heteroatoms. The Morgan fingerprint density at radius 1 is 1.22 bits per heavy atom. The number of hydrogen-bond donors (Lipinski definition) is 3. The molecule has 0 unspecified atom stereocenters. The minimum atomic E-state index is -0.239. The summed E-state index contributed by atoms with van der Waals surface area (Å²) < 4.78 is 5.42. The van der Waals surface area contributed by atoms with Crippen LogP contribution in [0.15, 0.2) is 66.4 Å². The van der Waals surface area contributed by atoms with E-state index in [4.69, 9.17) is 10.5 Å². The van der Waals surface area contributed by atoms with Crippen LogP contribution >= 0.6 is 0 Å². The average molecular weight is 430 g/mol. The predicted octanol–water partition coefficient (Wildman–Crippen LogP) is 3.45. The van der Waals surface area contributed by atoms with Crippen molar-refractivity contribution in [2.24, 2.45) is 5.73 Å². The third kappa shape index (κ3) is 4.73. The van der Waals surface area contributed by atoms with Gasteiger partial charge in [0.25, 0.3) is 5.56 Å². The van der Waals surface area contributed by atoms with Gasteiger partial charge in [0.2, 0.25) is 0 Å². The predicted molar refractivity (Wildman–Crippen MR) is 130 cm³/mol. The van der Waals surface area contributed by atoms with Crippen molar-refractivity contribution in [3.63, 3.8) is 0 Å². The van der Waals surface area contributed by atoms with Crippen LogP contribution in [-0.2, 0) is 4.74 Å². The van der Waals surface area contributed by atoms with E-state index in [1.54, 1.807) is 24.7 Å². The van der Waals surface area contributed by atoms with E-state index in [0.717, 1.165) is 48.8 Å². The van der Waals surface area contributed by atoms with E-state index in [2.05, 4.69) is 38.9 Å². The van der Waals surface area contributed by atoms with Gasteiger partial charge in [-0.3, -0.25) is 9.78 Å². The van der Waals surface area contributed by atoms with Gasteiger partial charge in [-0.25, -0.2) is 0 Å². The van der Waals surface area contributed by atoms with Crippen molar-refractivity contribution in [2.45, 2.75) is 6.92 Å². The molecule has 0 atom stereocenters. The van der Waals surface area contributed by atoms with Crippen LogP contribution in [0.3, 0.4) is 0 Å². The molecule has 3 aromatic rings. The summed E-state index contributed by atoms with van der Waals surface area (Å²) in [4.78, 5) is 21.8. The minimum absolute atomic E-state index is 0.239. The molecule has 1 aromatic carbocycles. The van der Waals surface area contributed by atoms with E-state index in [0.29, 0.717) is 22.5 Å². The minimum Gasteiger partial charge on any atom is -0.398 e. The molecule has 32 heavy (non-hydrogen) atoms. The number of aryl methyl sites for hydroxylation is 1. The Morgan fingerprint density at radius 3 is 2.69 bits per heavy atom. The molecule has 0 spiro atoms. The summed E-state index contributed by atoms with van der Waals surface area (Å²) in [7, 11) is 0. The lowest BCUT2D eigenvalue weighted by Crippen LogP contribution is -2.36. The van der Waals surface area contributed by atoms with Gasteiger partial charge in [-0.2, -0.15) is 0 Å². The zero-order chi connectivity index (χ0) is 22.5. The number of ether oxygens (including phenoxy) is 1. The molecular formula is C25H27N5O2. The van der Waals surface area contributed by atoms with Crippen molar-refractivity contribution >= 4 is 28.8 Å². The highest BCUT2D eigenvalue weighted by Gasteiger charge is 2.13. The molecule has 2 aromatic heterocycles. The molecule has 1 aliphatic rings. The maximum absolute atomic E-state index is 12.7. The maximum Gasteiger partial charge on any atom is 0.257 e. The molecule has 4 N–H and O–H groups in total. The summed E-state index contributed by atoms with van der Waals surface area (Å²) >= 11 is 0. The number of H-pyrrole nitrogens is 1. The van der Waals surface area contributed by atoms with Crippen molar-refractivity contribution in [1.29, 1.82) is 0 Å². The normalized spacial score (nSPS) is 14.3. The van der Waals surface area contributed by atoms with E-state index in [1.165, 1.54) is 0 Å². The third-order valence-electron chi connectivity index (χ3n) is 5.49. The van der Waals surface area contributed by atoms with Gasteiger partial charge in [-0.05, 0) is 60.5 Å². The van der Waals surface area contributed by atoms with Gasteiger partial charge in [0.05, 0.1) is 18.8 Å². The Balaban J connectivity index is 1.57. The van der Waals surface area contributed by atoms with Gasteiger partial charge in [-0.15, -0.1) is 0 Å². The van der Waals surface area contributed by atoms with E-state index < -0.39 is 0 Å². The maximum atomic E-state index is 12.7. The number of aromatic amines is 1. The quantitative estimate of drug-likeness (QED) is 0.555. The first-order valence-electron chi connectivity index (χ1n) is 10.5. The third-order valence-corrected chi connectivity index (χ3v) is 5.49. The molecule has 0 radical (unpaired) electrons. The number of morpholine rings is 1. The van der Waals surface area contributed by atoms with Crippen LogP contribution in [0, 0.1) is 6.92 Å². The van der Waals surface area contributed by atoms with Crippen LogP contribution in [-0.4, -0.2) is 36.3 Å². The SMILES string of the molecule is C=C(Nc1ccc(N2CCOCC2)cc1)c1c(/C=C(\N)c2cnccc2C)cc[nH]c1=O. The van der Waals surface area contributed by atoms with Crippen LogP contribution in [0.1, 0.15) is 22.3 Å². The highest BCUT2D eigenvalue weighted by molar-refractivity contribution is 5.87. The molecule has 3 heterocycles. The van der Waals surface area contributed by atoms with Crippen molar-refractivity contribution in [1.82, 2.24) is 9.97 Å². The van der Waals surface area contributed by atoms with E-state index in [-0.39, 0.29) is 5.56 Å². The highest BCUT2D eigenvalue weighted by atomic mass is 16.5. The Hall–Kier alpha value is -3.84. The molecule has 0 bridgehead atoms. The molecule has 4 rings (SSSR count). The van der Waals surface area contributed by atoms with E-state index in [9.17, 15) is 4.79 Å². The number of pyridine rings is 2. The molecule has 0 amide bonds. The zero-order valence-corrected chi connectivity index (χ0v) is 18.1. The first-order chi connectivity index (χ1) is 15.5. The average Bonchev–Trinajstić information content (AvgIpc) is 2.80. The van der Waals surface area contributed by atoms with Gasteiger partial charge in [0.15, 0.2) is 0 Å². The summed E-state index contributed by atoms with van der Waals surface area (Å²) in [6, 6.07) is 11.8. The highest BCUT2D eigenvalue weighted by Crippen LogP contribution is 2.24. The van der Waals surface area contributed by atoms with Gasteiger partial charge >= 0.3 is 0 Å². The van der Waals surface area contributed by atoms with Crippen molar-refractivity contribution in [3.8, 4) is 0 Å². The zero-order valence-electron chi connectivity index (χ0n) is 18.1. The number of hydrogen-bond acceptors (Lipinski definition) is 6. The molecule has 1 fully saturated rings. The molecule has 164 valence electrons. The van der Waals surface area contributed by atoms with Crippen molar-refractivity contribution < 1.29 is 4.74 Å². The van der Waals surface area contributed by atoms with Crippen LogP contribution in [0.5, 0.6) is 0 Å². The van der Waals surface area contributed by atoms with E-state index >= 15 is 0 Å². The fourth-order valence-corrected chi connectivity index (χ4v) is 3.75. The number of nitrogens with zero attached hydrogens (tertiary/aromatic N) is 2. The monoisotopic (exact) mass is 429 g/mol. The lowest BCUT2D eigenvalue weighted by molar-refractivity contribution is 0.122. The standard InChI is InChI=1S/C25H27N5O2/c1-17-7-9-27-16-22(17)23(26)15-19-8-10-28-25(31)24(19)18(2)29-20-3-5-21(6-4-20)30-11-13-32-14-12-30/h3-10,15-16,29H,2,11-14,26H2,1H3,(H,28,31)/b23-15-. The Labute approximate surface area is 187 Å². The number of nitrogens with two attached hydrogens (primary N) is 1. The first kappa shape index (κ1) is 21.4. The Morgan fingerprint density at radius 2 is 1.97 bits per heavy atom. The molecule has 0 aliphatic carbocycles. The molecular weight excluding hydrogens is 402 g/mol. The van der Waals surface area contributed by atoms with Crippen LogP contribution in [0.2, 0.25) is 0 Å². The summed E-state index contributed by atoms with van der Waals surface area (Å²) in [6.45, 7) is 9.33. The second-order valence-corrected chi connectivity index (χ2v) is 7.68. The van der Waals surface area contributed by atoms with Crippen LogP contribution in [0.4, 0.5) is 11.4 Å². The fraction of sp³-hybridized carbons (Fsp3) is 0.200. The lowest BCUT2D eigenvalue weighted by Gasteiger charge is -2.29.